The fourth-order valence-corrected chi connectivity index (χ4v) is 4.75. The van der Waals surface area contributed by atoms with Crippen LogP contribution in [0.5, 0.6) is 0 Å². The fourth-order valence-electron chi connectivity index (χ4n) is 4.75. The standard InChI is InChI=1S/C36H62O9/c1-3-5-7-8-9-10-11-12-13-14-15-16-17-18-19-20-21-22-23-24-26-42-28-30(44-32(38)25-6-4-2)29-43-36-35(41)34(40)33(39)31(27-37)45-36/h5,7,9-10,12-13,15-16,30-31,33-37,39-41H,3-4,6,8,11,14,17-29H2,1-2H3/b7-5-,10-9-,13-12-,16-15-. The summed E-state index contributed by atoms with van der Waals surface area (Å²) in [6.45, 7) is 4.14. The molecule has 0 aromatic rings. The van der Waals surface area contributed by atoms with Crippen LogP contribution in [-0.4, -0.2) is 89.6 Å². The molecule has 0 saturated carbocycles. The van der Waals surface area contributed by atoms with Gasteiger partial charge < -0.3 is 39.4 Å². The van der Waals surface area contributed by atoms with Crippen molar-refractivity contribution in [2.45, 2.75) is 147 Å². The van der Waals surface area contributed by atoms with E-state index in [9.17, 15) is 25.2 Å². The maximum atomic E-state index is 12.2. The van der Waals surface area contributed by atoms with Crippen molar-refractivity contribution >= 4 is 5.97 Å². The van der Waals surface area contributed by atoms with E-state index in [1.54, 1.807) is 0 Å². The molecule has 1 aliphatic rings. The summed E-state index contributed by atoms with van der Waals surface area (Å²) < 4.78 is 22.3. The van der Waals surface area contributed by atoms with Crippen molar-refractivity contribution in [2.75, 3.05) is 26.4 Å². The molecule has 0 aromatic heterocycles. The van der Waals surface area contributed by atoms with Gasteiger partial charge in [0.2, 0.25) is 0 Å². The molecule has 0 radical (unpaired) electrons. The normalized spacial score (nSPS) is 23.2. The minimum Gasteiger partial charge on any atom is -0.457 e. The van der Waals surface area contributed by atoms with Crippen molar-refractivity contribution < 1.29 is 44.2 Å². The Morgan fingerprint density at radius 2 is 1.33 bits per heavy atom. The summed E-state index contributed by atoms with van der Waals surface area (Å²) in [5, 5.41) is 39.5. The van der Waals surface area contributed by atoms with Crippen molar-refractivity contribution in [3.8, 4) is 0 Å². The number of ether oxygens (including phenoxy) is 4. The second-order valence-electron chi connectivity index (χ2n) is 11.6. The van der Waals surface area contributed by atoms with Gasteiger partial charge in [0.15, 0.2) is 6.29 Å². The third-order valence-corrected chi connectivity index (χ3v) is 7.51. The van der Waals surface area contributed by atoms with Gasteiger partial charge in [-0.3, -0.25) is 4.79 Å². The molecule has 4 N–H and O–H groups in total. The molecule has 0 bridgehead atoms. The number of unbranched alkanes of at least 4 members (excludes halogenated alkanes) is 8. The van der Waals surface area contributed by atoms with Gasteiger partial charge in [0.1, 0.15) is 30.5 Å². The average Bonchev–Trinajstić information content (AvgIpc) is 3.04. The number of aliphatic hydroxyl groups excluding tert-OH is 4. The summed E-state index contributed by atoms with van der Waals surface area (Å²) in [6.07, 6.45) is 25.4. The average molecular weight is 639 g/mol. The fraction of sp³-hybridized carbons (Fsp3) is 0.750. The predicted molar refractivity (Wildman–Crippen MR) is 178 cm³/mol. The van der Waals surface area contributed by atoms with Gasteiger partial charge in [-0.05, 0) is 51.4 Å². The van der Waals surface area contributed by atoms with Gasteiger partial charge in [-0.15, -0.1) is 0 Å². The molecule has 0 aliphatic carbocycles. The van der Waals surface area contributed by atoms with Crippen molar-refractivity contribution in [2.24, 2.45) is 0 Å². The van der Waals surface area contributed by atoms with Crippen molar-refractivity contribution in [3.63, 3.8) is 0 Å². The lowest BCUT2D eigenvalue weighted by molar-refractivity contribution is -0.305. The molecule has 6 unspecified atom stereocenters. The Labute approximate surface area is 272 Å². The van der Waals surface area contributed by atoms with Crippen LogP contribution in [0.1, 0.15) is 110 Å². The monoisotopic (exact) mass is 638 g/mol. The van der Waals surface area contributed by atoms with E-state index in [-0.39, 0.29) is 25.6 Å². The van der Waals surface area contributed by atoms with Crippen LogP contribution in [0.25, 0.3) is 0 Å². The Hall–Kier alpha value is -1.85. The van der Waals surface area contributed by atoms with Gasteiger partial charge in [-0.1, -0.05) is 101 Å². The molecule has 0 amide bonds. The highest BCUT2D eigenvalue weighted by Crippen LogP contribution is 2.22. The number of carbonyl (C=O) groups is 1. The van der Waals surface area contributed by atoms with Crippen molar-refractivity contribution in [1.29, 1.82) is 0 Å². The molecule has 6 atom stereocenters. The SMILES string of the molecule is CC/C=C\C/C=C\C/C=C\C/C=C\CCCCCCCCCOCC(COC1OC(CO)C(O)C(O)C1O)OC(=O)CCCC. The van der Waals surface area contributed by atoms with Crippen LogP contribution in [-0.2, 0) is 23.7 Å². The Kier molecular flexibility index (Phi) is 26.0. The second-order valence-corrected chi connectivity index (χ2v) is 11.6. The van der Waals surface area contributed by atoms with Crippen LogP contribution < -0.4 is 0 Å². The van der Waals surface area contributed by atoms with Crippen molar-refractivity contribution in [3.05, 3.63) is 48.6 Å². The minimum absolute atomic E-state index is 0.124. The molecule has 9 heteroatoms. The molecule has 45 heavy (non-hydrogen) atoms. The van der Waals surface area contributed by atoms with Gasteiger partial charge >= 0.3 is 5.97 Å². The highest BCUT2D eigenvalue weighted by Gasteiger charge is 2.44. The molecule has 1 saturated heterocycles. The lowest BCUT2D eigenvalue weighted by Gasteiger charge is -2.39. The zero-order valence-electron chi connectivity index (χ0n) is 27.8. The lowest BCUT2D eigenvalue weighted by Crippen LogP contribution is -2.59. The van der Waals surface area contributed by atoms with E-state index in [0.29, 0.717) is 13.0 Å². The first-order valence-corrected chi connectivity index (χ1v) is 17.2. The highest BCUT2D eigenvalue weighted by molar-refractivity contribution is 5.69. The minimum atomic E-state index is -1.53. The molecule has 9 nitrogen and oxygen atoms in total. The summed E-state index contributed by atoms with van der Waals surface area (Å²) in [7, 11) is 0. The molecular weight excluding hydrogens is 576 g/mol. The van der Waals surface area contributed by atoms with Crippen molar-refractivity contribution in [1.82, 2.24) is 0 Å². The lowest BCUT2D eigenvalue weighted by atomic mass is 9.99. The van der Waals surface area contributed by atoms with Crippen LogP contribution in [0, 0.1) is 0 Å². The van der Waals surface area contributed by atoms with E-state index in [0.717, 1.165) is 57.8 Å². The third-order valence-electron chi connectivity index (χ3n) is 7.51. The number of allylic oxidation sites excluding steroid dienone is 8. The predicted octanol–water partition coefficient (Wildman–Crippen LogP) is 5.85. The van der Waals surface area contributed by atoms with Crippen LogP contribution in [0.15, 0.2) is 48.6 Å². The molecular formula is C36H62O9. The number of aliphatic hydroxyl groups is 4. The zero-order chi connectivity index (χ0) is 33.0. The van der Waals surface area contributed by atoms with Gasteiger partial charge in [-0.25, -0.2) is 0 Å². The first-order chi connectivity index (χ1) is 21.9. The van der Waals surface area contributed by atoms with E-state index in [1.165, 1.54) is 25.7 Å². The molecule has 1 heterocycles. The summed E-state index contributed by atoms with van der Waals surface area (Å²) in [6, 6.07) is 0. The Balaban J connectivity index is 2.15. The van der Waals surface area contributed by atoms with Gasteiger partial charge in [0, 0.05) is 13.0 Å². The molecule has 1 fully saturated rings. The summed E-state index contributed by atoms with van der Waals surface area (Å²) in [4.78, 5) is 12.2. The van der Waals surface area contributed by atoms with E-state index in [2.05, 4.69) is 55.5 Å². The third kappa shape index (κ3) is 20.8. The van der Waals surface area contributed by atoms with E-state index in [4.69, 9.17) is 18.9 Å². The van der Waals surface area contributed by atoms with Crippen LogP contribution >= 0.6 is 0 Å². The topological polar surface area (TPSA) is 135 Å². The number of hydrogen-bond donors (Lipinski definition) is 4. The summed E-state index contributed by atoms with van der Waals surface area (Å²) >= 11 is 0. The smallest absolute Gasteiger partial charge is 0.306 e. The first kappa shape index (κ1) is 41.2. The maximum Gasteiger partial charge on any atom is 0.306 e. The Bertz CT molecular complexity index is 823. The van der Waals surface area contributed by atoms with E-state index >= 15 is 0 Å². The van der Waals surface area contributed by atoms with Gasteiger partial charge in [-0.2, -0.15) is 0 Å². The van der Waals surface area contributed by atoms with Crippen LogP contribution in [0.3, 0.4) is 0 Å². The molecule has 1 rings (SSSR count). The maximum absolute atomic E-state index is 12.2. The number of rotatable bonds is 27. The zero-order valence-corrected chi connectivity index (χ0v) is 27.8. The molecule has 260 valence electrons. The second kappa shape index (κ2) is 28.4. The summed E-state index contributed by atoms with van der Waals surface area (Å²) in [5.74, 6) is -0.357. The van der Waals surface area contributed by atoms with E-state index < -0.39 is 43.4 Å². The molecule has 1 aliphatic heterocycles. The quantitative estimate of drug-likeness (QED) is 0.0497. The number of carbonyl (C=O) groups excluding carboxylic acids is 1. The Morgan fingerprint density at radius 1 is 0.733 bits per heavy atom. The van der Waals surface area contributed by atoms with Gasteiger partial charge in [0.25, 0.3) is 0 Å². The largest absolute Gasteiger partial charge is 0.457 e. The Morgan fingerprint density at radius 3 is 1.96 bits per heavy atom. The van der Waals surface area contributed by atoms with Crippen LogP contribution in [0.4, 0.5) is 0 Å². The number of esters is 1. The number of hydrogen-bond acceptors (Lipinski definition) is 9. The summed E-state index contributed by atoms with van der Waals surface area (Å²) in [5.41, 5.74) is 0. The highest BCUT2D eigenvalue weighted by atomic mass is 16.7. The molecule has 0 spiro atoms. The molecule has 0 aromatic carbocycles. The van der Waals surface area contributed by atoms with E-state index in [1.807, 2.05) is 6.92 Å². The van der Waals surface area contributed by atoms with Crippen LogP contribution in [0.2, 0.25) is 0 Å². The first-order valence-electron chi connectivity index (χ1n) is 17.2. The van der Waals surface area contributed by atoms with Gasteiger partial charge in [0.05, 0.1) is 19.8 Å².